The third kappa shape index (κ3) is 4.47. The number of aromatic nitrogens is 1. The third-order valence-electron chi connectivity index (χ3n) is 5.02. The van der Waals surface area contributed by atoms with Gasteiger partial charge in [-0.2, -0.15) is 0 Å². The van der Waals surface area contributed by atoms with Crippen molar-refractivity contribution in [1.82, 2.24) is 4.98 Å². The first-order valence-electron chi connectivity index (χ1n) is 9.97. The fraction of sp³-hybridized carbons (Fsp3) is 0.160. The van der Waals surface area contributed by atoms with Gasteiger partial charge in [-0.05, 0) is 36.2 Å². The summed E-state index contributed by atoms with van der Waals surface area (Å²) in [5.41, 5.74) is 3.37. The number of hydrogen-bond donors (Lipinski definition) is 1. The van der Waals surface area contributed by atoms with E-state index in [1.807, 2.05) is 66.7 Å². The summed E-state index contributed by atoms with van der Waals surface area (Å²) in [6.45, 7) is 2.09. The molecule has 0 aliphatic heterocycles. The van der Waals surface area contributed by atoms with Gasteiger partial charge in [-0.3, -0.25) is 9.59 Å². The topological polar surface area (TPSA) is 59.1 Å². The van der Waals surface area contributed by atoms with Crippen LogP contribution in [0.15, 0.2) is 78.9 Å². The van der Waals surface area contributed by atoms with Crippen molar-refractivity contribution in [2.45, 2.75) is 25.7 Å². The molecule has 30 heavy (non-hydrogen) atoms. The summed E-state index contributed by atoms with van der Waals surface area (Å²) < 4.78 is 1.01. The average molecular weight is 415 g/mol. The number of fused-ring (bicyclic) bond motifs is 1. The van der Waals surface area contributed by atoms with Crippen LogP contribution in [0, 0.1) is 0 Å². The lowest BCUT2D eigenvalue weighted by Gasteiger charge is -2.14. The van der Waals surface area contributed by atoms with Crippen LogP contribution in [0.2, 0.25) is 0 Å². The second-order valence-electron chi connectivity index (χ2n) is 7.11. The molecule has 150 valence electrons. The Morgan fingerprint density at radius 1 is 0.933 bits per heavy atom. The van der Waals surface area contributed by atoms with Crippen LogP contribution in [-0.4, -0.2) is 16.7 Å². The highest BCUT2D eigenvalue weighted by Crippen LogP contribution is 2.32. The first-order chi connectivity index (χ1) is 14.6. The lowest BCUT2D eigenvalue weighted by molar-refractivity contribution is -0.116. The molecule has 4 nitrogen and oxygen atoms in total. The fourth-order valence-corrected chi connectivity index (χ4v) is 4.42. The van der Waals surface area contributed by atoms with Crippen molar-refractivity contribution in [1.29, 1.82) is 0 Å². The number of hydrogen-bond acceptors (Lipinski definition) is 4. The zero-order valence-corrected chi connectivity index (χ0v) is 17.5. The number of carbonyl (C=O) groups is 2. The molecule has 0 bridgehead atoms. The van der Waals surface area contributed by atoms with Gasteiger partial charge in [0.25, 0.3) is 0 Å². The van der Waals surface area contributed by atoms with E-state index in [0.29, 0.717) is 10.6 Å². The summed E-state index contributed by atoms with van der Waals surface area (Å²) in [7, 11) is 0. The van der Waals surface area contributed by atoms with Crippen LogP contribution >= 0.6 is 11.3 Å². The molecule has 1 atom stereocenters. The number of aryl methyl sites for hydroxylation is 1. The van der Waals surface area contributed by atoms with Gasteiger partial charge >= 0.3 is 0 Å². The minimum absolute atomic E-state index is 0.0447. The molecule has 0 fully saturated rings. The van der Waals surface area contributed by atoms with Crippen LogP contribution in [0.1, 0.15) is 40.2 Å². The monoisotopic (exact) mass is 414 g/mol. The van der Waals surface area contributed by atoms with E-state index in [4.69, 9.17) is 0 Å². The Bertz CT molecular complexity index is 1130. The number of nitrogens with one attached hydrogen (secondary N) is 1. The molecule has 0 saturated heterocycles. The summed E-state index contributed by atoms with van der Waals surface area (Å²) in [4.78, 5) is 30.8. The summed E-state index contributed by atoms with van der Waals surface area (Å²) in [5, 5.41) is 3.59. The summed E-state index contributed by atoms with van der Waals surface area (Å²) >= 11 is 1.47. The third-order valence-corrected chi connectivity index (χ3v) is 6.17. The Hall–Kier alpha value is -3.31. The number of ketones is 1. The molecule has 4 aromatic rings. The summed E-state index contributed by atoms with van der Waals surface area (Å²) in [6, 6.07) is 24.7. The molecule has 3 aromatic carbocycles. The number of Topliss-reactive ketones (excluding diaryl/α,β-unsaturated/α-hetero) is 1. The largest absolute Gasteiger partial charge is 0.326 e. The number of amides is 1. The molecule has 0 aliphatic carbocycles. The number of anilines is 1. The minimum atomic E-state index is -0.625. The Balaban J connectivity index is 1.60. The molecule has 1 amide bonds. The van der Waals surface area contributed by atoms with Crippen molar-refractivity contribution in [2.75, 3.05) is 5.32 Å². The van der Waals surface area contributed by atoms with E-state index in [0.717, 1.165) is 22.3 Å². The van der Waals surface area contributed by atoms with Gasteiger partial charge in [-0.25, -0.2) is 4.98 Å². The molecule has 1 aromatic heterocycles. The molecule has 4 rings (SSSR count). The fourth-order valence-electron chi connectivity index (χ4n) is 3.36. The first kappa shape index (κ1) is 20.0. The second-order valence-corrected chi connectivity index (χ2v) is 8.17. The van der Waals surface area contributed by atoms with Crippen LogP contribution in [-0.2, 0) is 11.2 Å². The number of benzene rings is 3. The molecule has 5 heteroatoms. The van der Waals surface area contributed by atoms with E-state index in [1.54, 1.807) is 12.1 Å². The molecule has 0 radical (unpaired) electrons. The van der Waals surface area contributed by atoms with Gasteiger partial charge in [-0.15, -0.1) is 11.3 Å². The number of rotatable bonds is 7. The first-order valence-corrected chi connectivity index (χ1v) is 10.8. The molecule has 0 saturated carbocycles. The number of nitrogens with zero attached hydrogens (tertiary/aromatic N) is 1. The molecule has 1 heterocycles. The quantitative estimate of drug-likeness (QED) is 0.386. The van der Waals surface area contributed by atoms with Crippen molar-refractivity contribution in [3.05, 3.63) is 95.0 Å². The maximum atomic E-state index is 13.3. The Labute approximate surface area is 179 Å². The molecule has 0 spiro atoms. The highest BCUT2D eigenvalue weighted by Gasteiger charge is 2.28. The zero-order chi connectivity index (χ0) is 20.9. The van der Waals surface area contributed by atoms with Gasteiger partial charge < -0.3 is 5.32 Å². The predicted octanol–water partition coefficient (Wildman–Crippen LogP) is 5.85. The highest BCUT2D eigenvalue weighted by atomic mass is 32.1. The SMILES string of the molecule is CCc1ccc(NC(=O)CC(C(=O)c2ccccc2)c2nc3ccccc3s2)cc1. The van der Waals surface area contributed by atoms with Crippen LogP contribution in [0.5, 0.6) is 0 Å². The molecular weight excluding hydrogens is 392 g/mol. The zero-order valence-electron chi connectivity index (χ0n) is 16.7. The lowest BCUT2D eigenvalue weighted by atomic mass is 9.94. The van der Waals surface area contributed by atoms with E-state index < -0.39 is 5.92 Å². The Morgan fingerprint density at radius 2 is 1.63 bits per heavy atom. The molecule has 1 unspecified atom stereocenters. The van der Waals surface area contributed by atoms with Crippen LogP contribution in [0.4, 0.5) is 5.69 Å². The van der Waals surface area contributed by atoms with E-state index in [1.165, 1.54) is 16.9 Å². The normalized spacial score (nSPS) is 11.9. The van der Waals surface area contributed by atoms with Gasteiger partial charge in [0.05, 0.1) is 16.1 Å². The summed E-state index contributed by atoms with van der Waals surface area (Å²) in [6.07, 6.45) is 0.989. The van der Waals surface area contributed by atoms with E-state index >= 15 is 0 Å². The number of para-hydroxylation sites is 1. The maximum absolute atomic E-state index is 13.3. The standard InChI is InChI=1S/C25H22N2O2S/c1-2-17-12-14-19(15-13-17)26-23(28)16-20(24(29)18-8-4-3-5-9-18)25-27-21-10-6-7-11-22(21)30-25/h3-15,20H,2,16H2,1H3,(H,26,28). The van der Waals surface area contributed by atoms with Gasteiger partial charge in [0.15, 0.2) is 5.78 Å². The van der Waals surface area contributed by atoms with Crippen molar-refractivity contribution in [3.8, 4) is 0 Å². The maximum Gasteiger partial charge on any atom is 0.225 e. The minimum Gasteiger partial charge on any atom is -0.326 e. The van der Waals surface area contributed by atoms with Crippen molar-refractivity contribution in [3.63, 3.8) is 0 Å². The number of carbonyl (C=O) groups excluding carboxylic acids is 2. The van der Waals surface area contributed by atoms with E-state index in [2.05, 4.69) is 17.2 Å². The Morgan fingerprint density at radius 3 is 2.33 bits per heavy atom. The molecule has 0 aliphatic rings. The average Bonchev–Trinajstić information content (AvgIpc) is 3.22. The van der Waals surface area contributed by atoms with Gasteiger partial charge in [0, 0.05) is 17.7 Å². The van der Waals surface area contributed by atoms with Crippen LogP contribution < -0.4 is 5.32 Å². The Kier molecular flexibility index (Phi) is 6.00. The van der Waals surface area contributed by atoms with E-state index in [9.17, 15) is 9.59 Å². The van der Waals surface area contributed by atoms with Crippen LogP contribution in [0.25, 0.3) is 10.2 Å². The van der Waals surface area contributed by atoms with Gasteiger partial charge in [0.1, 0.15) is 5.01 Å². The van der Waals surface area contributed by atoms with Gasteiger partial charge in [-0.1, -0.05) is 61.5 Å². The van der Waals surface area contributed by atoms with Crippen molar-refractivity contribution < 1.29 is 9.59 Å². The number of thiazole rings is 1. The predicted molar refractivity (Wildman–Crippen MR) is 122 cm³/mol. The second kappa shape index (κ2) is 9.01. The molecule has 1 N–H and O–H groups in total. The lowest BCUT2D eigenvalue weighted by Crippen LogP contribution is -2.21. The van der Waals surface area contributed by atoms with Crippen molar-refractivity contribution >= 4 is 38.9 Å². The summed E-state index contributed by atoms with van der Waals surface area (Å²) in [5.74, 6) is -0.918. The van der Waals surface area contributed by atoms with Crippen LogP contribution in [0.3, 0.4) is 0 Å². The van der Waals surface area contributed by atoms with Crippen molar-refractivity contribution in [2.24, 2.45) is 0 Å². The highest BCUT2D eigenvalue weighted by molar-refractivity contribution is 7.18. The van der Waals surface area contributed by atoms with E-state index in [-0.39, 0.29) is 18.1 Å². The smallest absolute Gasteiger partial charge is 0.225 e. The molecular formula is C25H22N2O2S. The van der Waals surface area contributed by atoms with Gasteiger partial charge in [0.2, 0.25) is 5.91 Å².